The van der Waals surface area contributed by atoms with Crippen molar-refractivity contribution in [2.24, 2.45) is 0 Å². The van der Waals surface area contributed by atoms with E-state index in [1.807, 2.05) is 44.3 Å². The van der Waals surface area contributed by atoms with Crippen LogP contribution < -0.4 is 0 Å². The first-order valence-electron chi connectivity index (χ1n) is 6.70. The average molecular weight is 257 g/mol. The Balaban J connectivity index is 2.13. The minimum absolute atomic E-state index is 0.289. The van der Waals surface area contributed by atoms with Crippen LogP contribution >= 0.6 is 0 Å². The van der Waals surface area contributed by atoms with E-state index in [0.29, 0.717) is 19.4 Å². The van der Waals surface area contributed by atoms with Gasteiger partial charge in [0.2, 0.25) is 0 Å². The van der Waals surface area contributed by atoms with Crippen LogP contribution in [0.3, 0.4) is 0 Å². The van der Waals surface area contributed by atoms with Crippen molar-refractivity contribution in [1.29, 1.82) is 0 Å². The van der Waals surface area contributed by atoms with Gasteiger partial charge in [-0.2, -0.15) is 0 Å². The highest BCUT2D eigenvalue weighted by Crippen LogP contribution is 2.41. The predicted octanol–water partition coefficient (Wildman–Crippen LogP) is 3.01. The first-order valence-corrected chi connectivity index (χ1v) is 6.70. The van der Waals surface area contributed by atoms with Crippen LogP contribution in [0, 0.1) is 0 Å². The molecule has 0 radical (unpaired) electrons. The fourth-order valence-electron chi connectivity index (χ4n) is 3.10. The molecular weight excluding hydrogens is 238 g/mol. The maximum absolute atomic E-state index is 11.1. The van der Waals surface area contributed by atoms with Crippen LogP contribution in [0.2, 0.25) is 0 Å². The lowest BCUT2D eigenvalue weighted by Gasteiger charge is -2.42. The Morgan fingerprint density at radius 1 is 1.26 bits per heavy atom. The summed E-state index contributed by atoms with van der Waals surface area (Å²) < 4.78 is 5.72. The number of rotatable bonds is 1. The lowest BCUT2D eigenvalue weighted by molar-refractivity contribution is -0.147. The fraction of sp³-hybridized carbons (Fsp3) is 0.438. The molecule has 0 aliphatic carbocycles. The molecule has 1 aromatic heterocycles. The van der Waals surface area contributed by atoms with Crippen molar-refractivity contribution in [1.82, 2.24) is 4.98 Å². The van der Waals surface area contributed by atoms with Crippen LogP contribution in [0.4, 0.5) is 0 Å². The molecule has 0 spiro atoms. The highest BCUT2D eigenvalue weighted by atomic mass is 16.5. The minimum Gasteiger partial charge on any atom is -0.385 e. The number of hydrogen-bond donors (Lipinski definition) is 1. The van der Waals surface area contributed by atoms with Crippen LogP contribution in [0.15, 0.2) is 36.7 Å². The number of nitrogens with zero attached hydrogens (tertiary/aromatic N) is 1. The summed E-state index contributed by atoms with van der Waals surface area (Å²) in [6.45, 7) is 4.65. The summed E-state index contributed by atoms with van der Waals surface area (Å²) in [7, 11) is 0. The van der Waals surface area contributed by atoms with Crippen LogP contribution in [-0.2, 0) is 10.3 Å². The number of benzene rings is 1. The first kappa shape index (κ1) is 12.6. The molecule has 1 unspecified atom stereocenters. The molecule has 1 fully saturated rings. The van der Waals surface area contributed by atoms with Gasteiger partial charge in [0.15, 0.2) is 0 Å². The van der Waals surface area contributed by atoms with E-state index < -0.39 is 5.60 Å². The monoisotopic (exact) mass is 257 g/mol. The molecule has 3 heteroatoms. The maximum Gasteiger partial charge on any atom is 0.0951 e. The smallest absolute Gasteiger partial charge is 0.0951 e. The lowest BCUT2D eigenvalue weighted by atomic mass is 9.78. The highest BCUT2D eigenvalue weighted by molar-refractivity contribution is 5.85. The van der Waals surface area contributed by atoms with Crippen molar-refractivity contribution >= 4 is 10.8 Å². The number of aromatic nitrogens is 1. The second-order valence-corrected chi connectivity index (χ2v) is 5.97. The number of pyridine rings is 1. The summed E-state index contributed by atoms with van der Waals surface area (Å²) in [4.78, 5) is 4.14. The van der Waals surface area contributed by atoms with Crippen molar-refractivity contribution in [3.05, 3.63) is 42.2 Å². The van der Waals surface area contributed by atoms with Crippen molar-refractivity contribution in [2.75, 3.05) is 6.61 Å². The quantitative estimate of drug-likeness (QED) is 0.854. The molecule has 2 heterocycles. The molecule has 19 heavy (non-hydrogen) atoms. The largest absolute Gasteiger partial charge is 0.385 e. The van der Waals surface area contributed by atoms with Gasteiger partial charge in [-0.1, -0.05) is 18.2 Å². The summed E-state index contributed by atoms with van der Waals surface area (Å²) in [5.74, 6) is 0. The zero-order chi connectivity index (χ0) is 13.5. The minimum atomic E-state index is -0.817. The normalized spacial score (nSPS) is 26.5. The van der Waals surface area contributed by atoms with Crippen molar-refractivity contribution < 1.29 is 9.84 Å². The second kappa shape index (κ2) is 4.29. The molecule has 3 nitrogen and oxygen atoms in total. The number of hydrogen-bond acceptors (Lipinski definition) is 3. The Hall–Kier alpha value is -1.45. The standard InChI is InChI=1S/C16H19NO2/c1-15(2)11-16(18,7-9-19-15)14-5-3-4-12-10-17-8-6-13(12)14/h3-6,8,10,18H,7,9,11H2,1-2H3. The molecule has 0 amide bonds. The predicted molar refractivity (Wildman–Crippen MR) is 74.9 cm³/mol. The van der Waals surface area contributed by atoms with Gasteiger partial charge in [-0.15, -0.1) is 0 Å². The molecule has 1 aliphatic rings. The van der Waals surface area contributed by atoms with Crippen LogP contribution in [0.5, 0.6) is 0 Å². The molecule has 100 valence electrons. The summed E-state index contributed by atoms with van der Waals surface area (Å²) in [5.41, 5.74) is -0.117. The molecule has 1 atom stereocenters. The van der Waals surface area contributed by atoms with Crippen molar-refractivity contribution in [3.63, 3.8) is 0 Å². The van der Waals surface area contributed by atoms with E-state index >= 15 is 0 Å². The molecule has 1 aromatic carbocycles. The van der Waals surface area contributed by atoms with E-state index in [1.54, 1.807) is 6.20 Å². The first-order chi connectivity index (χ1) is 9.00. The van der Waals surface area contributed by atoms with Crippen LogP contribution in [-0.4, -0.2) is 22.3 Å². The SMILES string of the molecule is CC1(C)CC(O)(c2cccc3cnccc23)CCO1. The van der Waals surface area contributed by atoms with Gasteiger partial charge in [0.05, 0.1) is 17.8 Å². The van der Waals surface area contributed by atoms with E-state index in [9.17, 15) is 5.11 Å². The van der Waals surface area contributed by atoms with Gasteiger partial charge in [-0.25, -0.2) is 0 Å². The number of aliphatic hydroxyl groups is 1. The molecule has 1 N–H and O–H groups in total. The van der Waals surface area contributed by atoms with Gasteiger partial charge in [0, 0.05) is 30.6 Å². The number of ether oxygens (including phenoxy) is 1. The van der Waals surface area contributed by atoms with E-state index in [0.717, 1.165) is 16.3 Å². The summed E-state index contributed by atoms with van der Waals surface area (Å²) >= 11 is 0. The Bertz CT molecular complexity index is 603. The summed E-state index contributed by atoms with van der Waals surface area (Å²) in [6.07, 6.45) is 4.87. The third-order valence-electron chi connectivity index (χ3n) is 3.91. The Morgan fingerprint density at radius 2 is 2.11 bits per heavy atom. The Morgan fingerprint density at radius 3 is 2.89 bits per heavy atom. The molecular formula is C16H19NO2. The van der Waals surface area contributed by atoms with E-state index in [-0.39, 0.29) is 5.60 Å². The maximum atomic E-state index is 11.1. The Labute approximate surface area is 113 Å². The zero-order valence-corrected chi connectivity index (χ0v) is 11.4. The topological polar surface area (TPSA) is 42.4 Å². The van der Waals surface area contributed by atoms with Crippen molar-refractivity contribution in [2.45, 2.75) is 37.9 Å². The van der Waals surface area contributed by atoms with Gasteiger partial charge in [-0.05, 0) is 30.9 Å². The highest BCUT2D eigenvalue weighted by Gasteiger charge is 2.41. The average Bonchev–Trinajstić information content (AvgIpc) is 2.36. The molecule has 0 saturated carbocycles. The molecule has 2 aromatic rings. The second-order valence-electron chi connectivity index (χ2n) is 5.97. The van der Waals surface area contributed by atoms with Gasteiger partial charge < -0.3 is 9.84 Å². The lowest BCUT2D eigenvalue weighted by Crippen LogP contribution is -2.44. The van der Waals surface area contributed by atoms with Crippen LogP contribution in [0.25, 0.3) is 10.8 Å². The van der Waals surface area contributed by atoms with Gasteiger partial charge in [0.25, 0.3) is 0 Å². The number of fused-ring (bicyclic) bond motifs is 1. The van der Waals surface area contributed by atoms with E-state index in [1.165, 1.54) is 0 Å². The Kier molecular flexibility index (Phi) is 2.84. The zero-order valence-electron chi connectivity index (χ0n) is 11.4. The molecule has 1 aliphatic heterocycles. The van der Waals surface area contributed by atoms with Crippen molar-refractivity contribution in [3.8, 4) is 0 Å². The third-order valence-corrected chi connectivity index (χ3v) is 3.91. The van der Waals surface area contributed by atoms with Gasteiger partial charge in [-0.3, -0.25) is 4.98 Å². The van der Waals surface area contributed by atoms with E-state index in [4.69, 9.17) is 4.74 Å². The third kappa shape index (κ3) is 2.24. The summed E-state index contributed by atoms with van der Waals surface area (Å²) in [6, 6.07) is 8.01. The molecule has 0 bridgehead atoms. The van der Waals surface area contributed by atoms with E-state index in [2.05, 4.69) is 4.98 Å². The molecule has 1 saturated heterocycles. The van der Waals surface area contributed by atoms with Crippen LogP contribution in [0.1, 0.15) is 32.3 Å². The van der Waals surface area contributed by atoms with Gasteiger partial charge >= 0.3 is 0 Å². The molecule has 3 rings (SSSR count). The van der Waals surface area contributed by atoms with Gasteiger partial charge in [0.1, 0.15) is 0 Å². The summed E-state index contributed by atoms with van der Waals surface area (Å²) in [5, 5.41) is 13.2. The fourth-order valence-corrected chi connectivity index (χ4v) is 3.10.